The van der Waals surface area contributed by atoms with Crippen LogP contribution in [0.4, 0.5) is 5.69 Å². The Labute approximate surface area is 156 Å². The van der Waals surface area contributed by atoms with Crippen molar-refractivity contribution >= 4 is 40.0 Å². The second-order valence-corrected chi connectivity index (χ2v) is 7.99. The molecule has 26 heavy (non-hydrogen) atoms. The van der Waals surface area contributed by atoms with Crippen molar-refractivity contribution in [1.29, 1.82) is 5.26 Å². The third-order valence-corrected chi connectivity index (χ3v) is 6.34. The van der Waals surface area contributed by atoms with E-state index in [1.807, 2.05) is 42.5 Å². The normalized spacial score (nSPS) is 25.4. The van der Waals surface area contributed by atoms with Crippen molar-refractivity contribution in [3.05, 3.63) is 42.5 Å². The Bertz CT molecular complexity index is 909. The molecule has 2 unspecified atom stereocenters. The average molecular weight is 365 g/mol. The van der Waals surface area contributed by atoms with Gasteiger partial charge in [-0.05, 0) is 23.6 Å². The maximum atomic E-state index is 12.7. The van der Waals surface area contributed by atoms with Crippen LogP contribution in [-0.2, 0) is 9.59 Å². The molecule has 2 aliphatic rings. The Balaban J connectivity index is 1.55. The van der Waals surface area contributed by atoms with E-state index in [0.717, 1.165) is 22.2 Å². The summed E-state index contributed by atoms with van der Waals surface area (Å²) in [6.45, 7) is 0.354. The van der Waals surface area contributed by atoms with Crippen LogP contribution in [0.25, 0.3) is 10.8 Å². The lowest BCUT2D eigenvalue weighted by atomic mass is 9.99. The van der Waals surface area contributed by atoms with Crippen LogP contribution in [0, 0.1) is 17.2 Å². The Morgan fingerprint density at radius 3 is 2.85 bits per heavy atom. The SMILES string of the molecule is N#CC1(NC(=O)C2CC(=O)N(c3cccc4ccccc34)C2)CCSC1. The molecule has 2 atom stereocenters. The van der Waals surface area contributed by atoms with Gasteiger partial charge in [-0.2, -0.15) is 17.0 Å². The molecule has 2 aromatic carbocycles. The smallest absolute Gasteiger partial charge is 0.227 e. The molecule has 0 radical (unpaired) electrons. The number of hydrogen-bond donors (Lipinski definition) is 1. The third kappa shape index (κ3) is 2.93. The van der Waals surface area contributed by atoms with E-state index >= 15 is 0 Å². The first-order valence-corrected chi connectivity index (χ1v) is 9.86. The van der Waals surface area contributed by atoms with Gasteiger partial charge in [0.25, 0.3) is 0 Å². The highest BCUT2D eigenvalue weighted by molar-refractivity contribution is 7.99. The second-order valence-electron chi connectivity index (χ2n) is 6.89. The Hall–Kier alpha value is -2.52. The average Bonchev–Trinajstić information content (AvgIpc) is 3.28. The maximum Gasteiger partial charge on any atom is 0.227 e. The minimum atomic E-state index is -0.780. The third-order valence-electron chi connectivity index (χ3n) is 5.15. The molecule has 2 amide bonds. The number of nitrogens with one attached hydrogen (secondary N) is 1. The van der Waals surface area contributed by atoms with E-state index in [1.54, 1.807) is 16.7 Å². The van der Waals surface area contributed by atoms with Crippen molar-refractivity contribution in [3.63, 3.8) is 0 Å². The Kier molecular flexibility index (Phi) is 4.33. The van der Waals surface area contributed by atoms with Gasteiger partial charge >= 0.3 is 0 Å². The van der Waals surface area contributed by atoms with Crippen LogP contribution in [0.3, 0.4) is 0 Å². The fourth-order valence-corrected chi connectivity index (χ4v) is 4.94. The van der Waals surface area contributed by atoms with Crippen LogP contribution >= 0.6 is 11.8 Å². The number of carbonyl (C=O) groups excluding carboxylic acids is 2. The first kappa shape index (κ1) is 16.9. The molecule has 0 aromatic heterocycles. The van der Waals surface area contributed by atoms with E-state index in [4.69, 9.17) is 0 Å². The van der Waals surface area contributed by atoms with Crippen molar-refractivity contribution in [2.24, 2.45) is 5.92 Å². The van der Waals surface area contributed by atoms with E-state index < -0.39 is 11.5 Å². The first-order chi connectivity index (χ1) is 12.6. The van der Waals surface area contributed by atoms with Gasteiger partial charge in [-0.25, -0.2) is 0 Å². The number of fused-ring (bicyclic) bond motifs is 1. The summed E-state index contributed by atoms with van der Waals surface area (Å²) in [6, 6.07) is 16.0. The molecule has 2 aliphatic heterocycles. The lowest BCUT2D eigenvalue weighted by Crippen LogP contribution is -2.50. The van der Waals surface area contributed by atoms with E-state index in [1.165, 1.54) is 0 Å². The lowest BCUT2D eigenvalue weighted by Gasteiger charge is -2.23. The second kappa shape index (κ2) is 6.65. The molecule has 0 saturated carbocycles. The van der Waals surface area contributed by atoms with Crippen LogP contribution < -0.4 is 10.2 Å². The molecule has 2 saturated heterocycles. The number of carbonyl (C=O) groups is 2. The van der Waals surface area contributed by atoms with E-state index in [2.05, 4.69) is 11.4 Å². The van der Waals surface area contributed by atoms with Crippen molar-refractivity contribution in [3.8, 4) is 6.07 Å². The molecule has 0 spiro atoms. The number of nitriles is 1. The summed E-state index contributed by atoms with van der Waals surface area (Å²) < 4.78 is 0. The molecule has 0 bridgehead atoms. The van der Waals surface area contributed by atoms with Crippen molar-refractivity contribution < 1.29 is 9.59 Å². The largest absolute Gasteiger partial charge is 0.337 e. The molecular formula is C20H19N3O2S. The van der Waals surface area contributed by atoms with Gasteiger partial charge in [-0.1, -0.05) is 36.4 Å². The number of rotatable bonds is 3. The molecule has 0 aliphatic carbocycles. The minimum Gasteiger partial charge on any atom is -0.337 e. The molecular weight excluding hydrogens is 346 g/mol. The fraction of sp³-hybridized carbons (Fsp3) is 0.350. The van der Waals surface area contributed by atoms with E-state index in [0.29, 0.717) is 18.7 Å². The quantitative estimate of drug-likeness (QED) is 0.908. The van der Waals surface area contributed by atoms with Gasteiger partial charge in [0, 0.05) is 24.1 Å². The molecule has 2 aromatic rings. The number of anilines is 1. The van der Waals surface area contributed by atoms with E-state index in [-0.39, 0.29) is 18.2 Å². The number of benzene rings is 2. The first-order valence-electron chi connectivity index (χ1n) is 8.71. The summed E-state index contributed by atoms with van der Waals surface area (Å²) in [5, 5.41) is 14.4. The summed E-state index contributed by atoms with van der Waals surface area (Å²) in [6.07, 6.45) is 0.845. The molecule has 2 fully saturated rings. The monoisotopic (exact) mass is 365 g/mol. The standard InChI is InChI=1S/C20H19N3O2S/c21-12-20(8-9-26-13-20)22-19(25)15-10-18(24)23(11-15)17-7-3-5-14-4-1-2-6-16(14)17/h1-7,15H,8-11,13H2,(H,22,25). The molecule has 2 heterocycles. The molecule has 6 heteroatoms. The number of nitrogens with zero attached hydrogens (tertiary/aromatic N) is 2. The van der Waals surface area contributed by atoms with E-state index in [9.17, 15) is 14.9 Å². The number of thioether (sulfide) groups is 1. The lowest BCUT2D eigenvalue weighted by molar-refractivity contribution is -0.127. The highest BCUT2D eigenvalue weighted by Crippen LogP contribution is 2.33. The summed E-state index contributed by atoms with van der Waals surface area (Å²) in [5.41, 5.74) is 0.0623. The van der Waals surface area contributed by atoms with Crippen molar-refractivity contribution in [2.75, 3.05) is 23.0 Å². The Morgan fingerprint density at radius 2 is 2.08 bits per heavy atom. The van der Waals surface area contributed by atoms with Gasteiger partial charge in [0.05, 0.1) is 17.7 Å². The molecule has 5 nitrogen and oxygen atoms in total. The zero-order chi connectivity index (χ0) is 18.1. The molecule has 132 valence electrons. The summed E-state index contributed by atoms with van der Waals surface area (Å²) in [5.74, 6) is 0.832. The Morgan fingerprint density at radius 1 is 1.27 bits per heavy atom. The summed E-state index contributed by atoms with van der Waals surface area (Å²) >= 11 is 1.67. The maximum absolute atomic E-state index is 12.7. The highest BCUT2D eigenvalue weighted by atomic mass is 32.2. The van der Waals surface area contributed by atoms with Gasteiger partial charge in [-0.3, -0.25) is 9.59 Å². The van der Waals surface area contributed by atoms with Gasteiger partial charge in [0.2, 0.25) is 11.8 Å². The van der Waals surface area contributed by atoms with Gasteiger partial charge in [0.1, 0.15) is 5.54 Å². The zero-order valence-electron chi connectivity index (χ0n) is 14.3. The van der Waals surface area contributed by atoms with Crippen LogP contribution in [0.15, 0.2) is 42.5 Å². The summed E-state index contributed by atoms with van der Waals surface area (Å²) in [4.78, 5) is 27.0. The predicted octanol–water partition coefficient (Wildman–Crippen LogP) is 2.71. The predicted molar refractivity (Wildman–Crippen MR) is 103 cm³/mol. The number of hydrogen-bond acceptors (Lipinski definition) is 4. The number of amides is 2. The highest BCUT2D eigenvalue weighted by Gasteiger charge is 2.41. The van der Waals surface area contributed by atoms with Gasteiger partial charge in [0.15, 0.2) is 0 Å². The van der Waals surface area contributed by atoms with Gasteiger partial charge in [-0.15, -0.1) is 0 Å². The minimum absolute atomic E-state index is 0.0479. The summed E-state index contributed by atoms with van der Waals surface area (Å²) in [7, 11) is 0. The van der Waals surface area contributed by atoms with Gasteiger partial charge < -0.3 is 10.2 Å². The molecule has 4 rings (SSSR count). The van der Waals surface area contributed by atoms with Crippen molar-refractivity contribution in [2.45, 2.75) is 18.4 Å². The van der Waals surface area contributed by atoms with Crippen LogP contribution in [0.5, 0.6) is 0 Å². The fourth-order valence-electron chi connectivity index (χ4n) is 3.68. The topological polar surface area (TPSA) is 73.2 Å². The van der Waals surface area contributed by atoms with Crippen LogP contribution in [0.2, 0.25) is 0 Å². The van der Waals surface area contributed by atoms with Crippen LogP contribution in [-0.4, -0.2) is 35.4 Å². The van der Waals surface area contributed by atoms with Crippen LogP contribution in [0.1, 0.15) is 12.8 Å². The zero-order valence-corrected chi connectivity index (χ0v) is 15.1. The van der Waals surface area contributed by atoms with Crippen molar-refractivity contribution in [1.82, 2.24) is 5.32 Å². The molecule has 1 N–H and O–H groups in total.